The molecule has 0 nitrogen and oxygen atoms in total. The fraction of sp³-hybridized carbons (Fsp3) is 0.0968. The number of hydrogen-bond acceptors (Lipinski definition) is 0. The molecule has 0 aliphatic carbocycles. The van der Waals surface area contributed by atoms with Crippen molar-refractivity contribution in [2.75, 3.05) is 0 Å². The molecule has 0 N–H and O–H groups in total. The zero-order valence-corrected chi connectivity index (χ0v) is 30.3. The number of rotatable bonds is 3. The van der Waals surface area contributed by atoms with Gasteiger partial charge in [0.05, 0.1) is 0 Å². The van der Waals surface area contributed by atoms with Gasteiger partial charge in [-0.15, -0.1) is 0 Å². The van der Waals surface area contributed by atoms with Crippen molar-refractivity contribution in [3.8, 4) is 0 Å². The number of benzene rings is 6. The van der Waals surface area contributed by atoms with Gasteiger partial charge in [-0.1, -0.05) is 122 Å². The molecule has 0 aliphatic rings. The minimum atomic E-state index is 0. The van der Waals surface area contributed by atoms with Crippen LogP contribution in [0, 0.1) is 0 Å². The average molecular weight is 698 g/mol. The van der Waals surface area contributed by atoms with Gasteiger partial charge in [-0.3, -0.25) is 0 Å². The van der Waals surface area contributed by atoms with Crippen molar-refractivity contribution in [1.82, 2.24) is 0 Å². The van der Waals surface area contributed by atoms with E-state index in [4.69, 9.17) is 0 Å². The standard InChI is InChI=1S/C16H14B2.C15H12B.3Y/c1-17-15-5-3-11-8-14-10-16(18-2)6-4-12(14)7-13(11)9-15;1-16-15-13-8-4-2-6-11(13)10-12-7-3-5-9-14(12)15;;;/h3-10H,1-2H3;2-10H,1H3;;;. The SMILES string of the molecule is C[B]c1c2ccccc2cc2ccccc12.C[B]c1ccc2cc3cc([B]C)ccc3cc2c1.[Y].[Y].[Y]. The van der Waals surface area contributed by atoms with Gasteiger partial charge in [-0.05, 0) is 61.3 Å². The topological polar surface area (TPSA) is 0 Å². The van der Waals surface area contributed by atoms with Crippen LogP contribution in [-0.4, -0.2) is 21.8 Å². The molecule has 6 heteroatoms. The molecule has 0 bridgehead atoms. The zero-order chi connectivity index (χ0) is 23.5. The van der Waals surface area contributed by atoms with E-state index in [2.05, 4.69) is 145 Å². The van der Waals surface area contributed by atoms with Crippen molar-refractivity contribution in [2.24, 2.45) is 0 Å². The van der Waals surface area contributed by atoms with E-state index in [9.17, 15) is 0 Å². The summed E-state index contributed by atoms with van der Waals surface area (Å²) in [5.74, 6) is 0. The molecule has 0 fully saturated rings. The number of hydrogen-bond donors (Lipinski definition) is 0. The van der Waals surface area contributed by atoms with Gasteiger partial charge >= 0.3 is 0 Å². The second kappa shape index (κ2) is 15.6. The van der Waals surface area contributed by atoms with Gasteiger partial charge in [-0.25, -0.2) is 0 Å². The van der Waals surface area contributed by atoms with Crippen LogP contribution >= 0.6 is 0 Å². The third kappa shape index (κ3) is 7.54. The molecule has 0 aromatic heterocycles. The summed E-state index contributed by atoms with van der Waals surface area (Å²) < 4.78 is 0. The first-order valence-electron chi connectivity index (χ1n) is 12.0. The van der Waals surface area contributed by atoms with E-state index in [-0.39, 0.29) is 98.1 Å². The maximum atomic E-state index is 2.27. The molecular weight excluding hydrogens is 671 g/mol. The van der Waals surface area contributed by atoms with Gasteiger partial charge in [0.25, 0.3) is 0 Å². The normalized spacial score (nSPS) is 9.92. The van der Waals surface area contributed by atoms with Crippen molar-refractivity contribution < 1.29 is 98.1 Å². The predicted octanol–water partition coefficient (Wildman–Crippen LogP) is 6.11. The minimum absolute atomic E-state index is 0. The summed E-state index contributed by atoms with van der Waals surface area (Å²) in [6, 6.07) is 37.2. The van der Waals surface area contributed by atoms with Crippen molar-refractivity contribution in [2.45, 2.75) is 20.5 Å². The van der Waals surface area contributed by atoms with Gasteiger partial charge in [0.1, 0.15) is 21.8 Å². The maximum Gasteiger partial charge on any atom is 0.149 e. The Hall–Kier alpha value is -0.134. The first kappa shape index (κ1) is 33.1. The minimum Gasteiger partial charge on any atom is -0.0875 e. The van der Waals surface area contributed by atoms with Crippen molar-refractivity contribution in [3.63, 3.8) is 0 Å². The monoisotopic (exact) mass is 698 g/mol. The second-order valence-electron chi connectivity index (χ2n) is 8.66. The molecule has 0 heterocycles. The zero-order valence-electron chi connectivity index (χ0n) is 21.8. The van der Waals surface area contributed by atoms with Crippen molar-refractivity contribution in [3.05, 3.63) is 103 Å². The van der Waals surface area contributed by atoms with Crippen LogP contribution in [0.5, 0.6) is 0 Å². The van der Waals surface area contributed by atoms with Crippen LogP contribution in [0.15, 0.2) is 103 Å². The van der Waals surface area contributed by atoms with E-state index in [1.54, 1.807) is 0 Å². The fourth-order valence-corrected chi connectivity index (χ4v) is 4.75. The number of fused-ring (bicyclic) bond motifs is 4. The molecule has 0 saturated heterocycles. The van der Waals surface area contributed by atoms with Gasteiger partial charge in [0, 0.05) is 98.1 Å². The molecule has 37 heavy (non-hydrogen) atoms. The van der Waals surface area contributed by atoms with Crippen LogP contribution in [0.1, 0.15) is 0 Å². The Morgan fingerprint density at radius 1 is 0.378 bits per heavy atom. The Bertz CT molecular complexity index is 1520. The van der Waals surface area contributed by atoms with Crippen molar-refractivity contribution >= 4 is 81.3 Å². The molecule has 0 amide bonds. The van der Waals surface area contributed by atoms with E-state index in [1.807, 2.05) is 0 Å². The second-order valence-corrected chi connectivity index (χ2v) is 8.66. The molecule has 6 radical (unpaired) electrons. The molecule has 0 unspecified atom stereocenters. The van der Waals surface area contributed by atoms with E-state index in [0.717, 1.165) is 0 Å². The van der Waals surface area contributed by atoms with Crippen LogP contribution < -0.4 is 16.4 Å². The Kier molecular flexibility index (Phi) is 13.9. The van der Waals surface area contributed by atoms with Gasteiger partial charge in [0.2, 0.25) is 0 Å². The van der Waals surface area contributed by atoms with E-state index in [1.165, 1.54) is 59.5 Å². The Morgan fingerprint density at radius 2 is 0.784 bits per heavy atom. The molecular formula is C31H26B3Y3. The Labute approximate surface area is 298 Å². The van der Waals surface area contributed by atoms with E-state index < -0.39 is 0 Å². The largest absolute Gasteiger partial charge is 0.149 e. The summed E-state index contributed by atoms with van der Waals surface area (Å²) in [4.78, 5) is 0. The summed E-state index contributed by atoms with van der Waals surface area (Å²) in [6.07, 6.45) is 0. The summed E-state index contributed by atoms with van der Waals surface area (Å²) >= 11 is 0. The van der Waals surface area contributed by atoms with E-state index in [0.29, 0.717) is 0 Å². The average Bonchev–Trinajstić information content (AvgIpc) is 2.90. The predicted molar refractivity (Wildman–Crippen MR) is 157 cm³/mol. The molecule has 6 aromatic rings. The van der Waals surface area contributed by atoms with Crippen LogP contribution in [0.2, 0.25) is 20.5 Å². The molecule has 0 spiro atoms. The van der Waals surface area contributed by atoms with Crippen LogP contribution in [0.3, 0.4) is 0 Å². The third-order valence-electron chi connectivity index (χ3n) is 6.61. The molecule has 0 saturated carbocycles. The molecule has 0 atom stereocenters. The van der Waals surface area contributed by atoms with Gasteiger partial charge < -0.3 is 0 Å². The summed E-state index contributed by atoms with van der Waals surface area (Å²) in [6.45, 7) is 6.26. The maximum absolute atomic E-state index is 2.27. The Morgan fingerprint density at radius 3 is 1.19 bits per heavy atom. The fourth-order valence-electron chi connectivity index (χ4n) is 4.75. The van der Waals surface area contributed by atoms with Crippen LogP contribution in [0.25, 0.3) is 43.1 Å². The smallest absolute Gasteiger partial charge is 0.0875 e. The summed E-state index contributed by atoms with van der Waals surface area (Å²) in [7, 11) is 6.47. The molecule has 6 rings (SSSR count). The summed E-state index contributed by atoms with van der Waals surface area (Å²) in [5.41, 5.74) is 3.90. The van der Waals surface area contributed by atoms with Gasteiger partial charge in [0.15, 0.2) is 0 Å². The van der Waals surface area contributed by atoms with Crippen LogP contribution in [0.4, 0.5) is 0 Å². The summed E-state index contributed by atoms with van der Waals surface area (Å²) in [5, 5.41) is 10.5. The van der Waals surface area contributed by atoms with Gasteiger partial charge in [-0.2, -0.15) is 0 Å². The molecule has 0 aliphatic heterocycles. The first-order valence-corrected chi connectivity index (χ1v) is 12.0. The third-order valence-corrected chi connectivity index (χ3v) is 6.61. The molecule has 168 valence electrons. The molecule has 6 aromatic carbocycles. The first-order chi connectivity index (χ1) is 16.7. The van der Waals surface area contributed by atoms with E-state index >= 15 is 0 Å². The van der Waals surface area contributed by atoms with Crippen molar-refractivity contribution in [1.29, 1.82) is 0 Å². The van der Waals surface area contributed by atoms with Crippen LogP contribution in [-0.2, 0) is 98.1 Å². The quantitative estimate of drug-likeness (QED) is 0.155. The Balaban J connectivity index is 0.000000242.